The summed E-state index contributed by atoms with van der Waals surface area (Å²) >= 11 is 0. The predicted molar refractivity (Wildman–Crippen MR) is 47.1 cm³/mol. The summed E-state index contributed by atoms with van der Waals surface area (Å²) in [6.45, 7) is 5.50. The molecule has 1 rings (SSSR count). The first-order chi connectivity index (χ1) is 5.24. The highest BCUT2D eigenvalue weighted by atomic mass is 15.4. The van der Waals surface area contributed by atoms with Crippen molar-refractivity contribution < 1.29 is 0 Å². The Kier molecular flexibility index (Phi) is 3.30. The first-order valence-corrected chi connectivity index (χ1v) is 4.44. The summed E-state index contributed by atoms with van der Waals surface area (Å²) in [6, 6.07) is 0.597. The zero-order valence-corrected chi connectivity index (χ0v) is 7.58. The normalized spacial score (nSPS) is 30.3. The number of nitrogens with two attached hydrogens (primary N) is 1. The Labute approximate surface area is 69.1 Å². The quantitative estimate of drug-likeness (QED) is 0.555. The van der Waals surface area contributed by atoms with Gasteiger partial charge in [0.25, 0.3) is 0 Å². The predicted octanol–water partition coefficient (Wildman–Crippen LogP) is 0.276. The van der Waals surface area contributed by atoms with Gasteiger partial charge in [0.05, 0.1) is 0 Å². The van der Waals surface area contributed by atoms with Crippen LogP contribution in [0.2, 0.25) is 0 Å². The van der Waals surface area contributed by atoms with E-state index in [9.17, 15) is 0 Å². The van der Waals surface area contributed by atoms with Crippen LogP contribution < -0.4 is 5.84 Å². The molecule has 1 saturated heterocycles. The second-order valence-corrected chi connectivity index (χ2v) is 3.39. The summed E-state index contributed by atoms with van der Waals surface area (Å²) in [4.78, 5) is 2.34. The molecule has 0 aromatic rings. The van der Waals surface area contributed by atoms with Crippen LogP contribution in [0.1, 0.15) is 19.8 Å². The van der Waals surface area contributed by atoms with Gasteiger partial charge in [0.1, 0.15) is 0 Å². The van der Waals surface area contributed by atoms with E-state index in [-0.39, 0.29) is 0 Å². The average molecular weight is 157 g/mol. The lowest BCUT2D eigenvalue weighted by Crippen LogP contribution is -2.41. The van der Waals surface area contributed by atoms with Gasteiger partial charge in [0.2, 0.25) is 0 Å². The Balaban J connectivity index is 2.41. The highest BCUT2D eigenvalue weighted by Gasteiger charge is 2.17. The molecule has 0 aromatic heterocycles. The summed E-state index contributed by atoms with van der Waals surface area (Å²) in [5, 5.41) is 1.99. The first kappa shape index (κ1) is 8.97. The van der Waals surface area contributed by atoms with E-state index < -0.39 is 0 Å². The smallest absolute Gasteiger partial charge is 0.0259 e. The van der Waals surface area contributed by atoms with Gasteiger partial charge in [-0.1, -0.05) is 6.92 Å². The van der Waals surface area contributed by atoms with E-state index >= 15 is 0 Å². The molecule has 0 radical (unpaired) electrons. The largest absolute Gasteiger partial charge is 0.305 e. The fraction of sp³-hybridized carbons (Fsp3) is 1.00. The molecule has 3 nitrogen and oxygen atoms in total. The zero-order chi connectivity index (χ0) is 8.27. The lowest BCUT2D eigenvalue weighted by molar-refractivity contribution is 0.204. The summed E-state index contributed by atoms with van der Waals surface area (Å²) < 4.78 is 0. The van der Waals surface area contributed by atoms with Gasteiger partial charge in [-0.25, -0.2) is 5.01 Å². The van der Waals surface area contributed by atoms with Gasteiger partial charge in [0, 0.05) is 19.1 Å². The number of hydrazine groups is 1. The van der Waals surface area contributed by atoms with E-state index in [1.165, 1.54) is 19.4 Å². The monoisotopic (exact) mass is 157 g/mol. The van der Waals surface area contributed by atoms with Gasteiger partial charge in [-0.2, -0.15) is 0 Å². The van der Waals surface area contributed by atoms with Crippen LogP contribution in [0.5, 0.6) is 0 Å². The fourth-order valence-corrected chi connectivity index (χ4v) is 1.55. The second-order valence-electron chi connectivity index (χ2n) is 3.39. The van der Waals surface area contributed by atoms with Crippen molar-refractivity contribution in [1.29, 1.82) is 0 Å². The summed E-state index contributed by atoms with van der Waals surface area (Å²) in [7, 11) is 2.16. The van der Waals surface area contributed by atoms with Crippen LogP contribution in [0.15, 0.2) is 0 Å². The number of likely N-dealkylation sites (N-methyl/N-ethyl adjacent to an activating group) is 1. The molecule has 1 unspecified atom stereocenters. The van der Waals surface area contributed by atoms with Gasteiger partial charge in [-0.15, -0.1) is 0 Å². The average Bonchev–Trinajstić information content (AvgIpc) is 2.15. The molecule has 0 aliphatic carbocycles. The van der Waals surface area contributed by atoms with Crippen LogP contribution in [-0.4, -0.2) is 42.6 Å². The molecule has 0 aromatic carbocycles. The maximum atomic E-state index is 5.86. The number of rotatable bonds is 1. The van der Waals surface area contributed by atoms with Gasteiger partial charge < -0.3 is 4.90 Å². The molecule has 1 fully saturated rings. The van der Waals surface area contributed by atoms with E-state index in [2.05, 4.69) is 18.9 Å². The summed E-state index contributed by atoms with van der Waals surface area (Å²) in [5.41, 5.74) is 0. The van der Waals surface area contributed by atoms with Crippen LogP contribution in [0, 0.1) is 0 Å². The minimum absolute atomic E-state index is 0.597. The fourth-order valence-electron chi connectivity index (χ4n) is 1.55. The zero-order valence-electron chi connectivity index (χ0n) is 7.58. The highest BCUT2D eigenvalue weighted by molar-refractivity contribution is 4.72. The molecule has 1 atom stereocenters. The number of nitrogens with zero attached hydrogens (tertiary/aromatic N) is 2. The maximum absolute atomic E-state index is 5.86. The molecule has 3 heteroatoms. The molecule has 0 bridgehead atoms. The third-order valence-electron chi connectivity index (χ3n) is 2.52. The minimum atomic E-state index is 0.597. The molecular formula is C8H19N3. The van der Waals surface area contributed by atoms with Crippen molar-refractivity contribution in [1.82, 2.24) is 9.91 Å². The van der Waals surface area contributed by atoms with Crippen molar-refractivity contribution in [2.24, 2.45) is 5.84 Å². The van der Waals surface area contributed by atoms with Crippen molar-refractivity contribution in [2.75, 3.05) is 26.7 Å². The van der Waals surface area contributed by atoms with Crippen LogP contribution in [0.4, 0.5) is 0 Å². The molecule has 1 aliphatic heterocycles. The van der Waals surface area contributed by atoms with E-state index in [0.29, 0.717) is 6.04 Å². The van der Waals surface area contributed by atoms with Crippen LogP contribution in [0.3, 0.4) is 0 Å². The summed E-state index contributed by atoms with van der Waals surface area (Å²) in [6.07, 6.45) is 2.38. The van der Waals surface area contributed by atoms with Crippen molar-refractivity contribution in [2.45, 2.75) is 25.8 Å². The summed E-state index contributed by atoms with van der Waals surface area (Å²) in [5.74, 6) is 5.86. The molecule has 66 valence electrons. The molecule has 2 N–H and O–H groups in total. The van der Waals surface area contributed by atoms with E-state index in [0.717, 1.165) is 13.1 Å². The van der Waals surface area contributed by atoms with Crippen LogP contribution in [0.25, 0.3) is 0 Å². The van der Waals surface area contributed by atoms with Crippen LogP contribution in [-0.2, 0) is 0 Å². The third kappa shape index (κ3) is 2.43. The van der Waals surface area contributed by atoms with Crippen LogP contribution >= 0.6 is 0 Å². The van der Waals surface area contributed by atoms with Gasteiger partial charge in [-0.05, 0) is 26.4 Å². The van der Waals surface area contributed by atoms with Crippen molar-refractivity contribution in [3.05, 3.63) is 0 Å². The Morgan fingerprint density at radius 2 is 2.09 bits per heavy atom. The first-order valence-electron chi connectivity index (χ1n) is 4.44. The molecule has 0 amide bonds. The lowest BCUT2D eigenvalue weighted by Gasteiger charge is -2.22. The standard InChI is InChI=1S/C8H19N3/c1-3-8-4-5-10(2)6-7-11(8)9/h8H,3-7,9H2,1-2H3. The van der Waals surface area contributed by atoms with E-state index in [1.807, 2.05) is 5.01 Å². The third-order valence-corrected chi connectivity index (χ3v) is 2.52. The maximum Gasteiger partial charge on any atom is 0.0259 e. The van der Waals surface area contributed by atoms with Gasteiger partial charge in [0.15, 0.2) is 0 Å². The SMILES string of the molecule is CCC1CCN(C)CCN1N. The number of hydrogen-bond donors (Lipinski definition) is 1. The number of hydrogen-bond acceptors (Lipinski definition) is 3. The molecule has 1 aliphatic rings. The van der Waals surface area contributed by atoms with Crippen molar-refractivity contribution in [3.63, 3.8) is 0 Å². The minimum Gasteiger partial charge on any atom is -0.305 e. The topological polar surface area (TPSA) is 32.5 Å². The van der Waals surface area contributed by atoms with E-state index in [4.69, 9.17) is 5.84 Å². The molecule has 1 heterocycles. The van der Waals surface area contributed by atoms with Crippen molar-refractivity contribution in [3.8, 4) is 0 Å². The Hall–Kier alpha value is -0.120. The molecule has 0 spiro atoms. The lowest BCUT2D eigenvalue weighted by atomic mass is 10.1. The Bertz CT molecular complexity index is 116. The van der Waals surface area contributed by atoms with Gasteiger partial charge >= 0.3 is 0 Å². The van der Waals surface area contributed by atoms with E-state index in [1.54, 1.807) is 0 Å². The Morgan fingerprint density at radius 3 is 2.73 bits per heavy atom. The molecule has 0 saturated carbocycles. The van der Waals surface area contributed by atoms with Crippen molar-refractivity contribution >= 4 is 0 Å². The molecule has 11 heavy (non-hydrogen) atoms. The Morgan fingerprint density at radius 1 is 1.36 bits per heavy atom. The molecular weight excluding hydrogens is 138 g/mol. The highest BCUT2D eigenvalue weighted by Crippen LogP contribution is 2.08. The second kappa shape index (κ2) is 4.04. The van der Waals surface area contributed by atoms with Gasteiger partial charge in [-0.3, -0.25) is 5.84 Å².